The molecule has 3 rings (SSSR count). The zero-order valence-corrected chi connectivity index (χ0v) is 16.7. The van der Waals surface area contributed by atoms with Crippen LogP contribution in [0.15, 0.2) is 47.8 Å². The van der Waals surface area contributed by atoms with Crippen molar-refractivity contribution in [2.75, 3.05) is 5.32 Å². The van der Waals surface area contributed by atoms with Crippen molar-refractivity contribution in [2.45, 2.75) is 40.2 Å². The molecule has 0 atom stereocenters. The van der Waals surface area contributed by atoms with Crippen LogP contribution in [0.2, 0.25) is 0 Å². The molecule has 5 heteroatoms. The Hall–Kier alpha value is -2.66. The van der Waals surface area contributed by atoms with Gasteiger partial charge in [-0.3, -0.25) is 4.79 Å². The van der Waals surface area contributed by atoms with E-state index in [1.807, 2.05) is 41.8 Å². The highest BCUT2D eigenvalue weighted by Crippen LogP contribution is 2.19. The van der Waals surface area contributed by atoms with Gasteiger partial charge in [0.05, 0.1) is 12.1 Å². The third-order valence-corrected chi connectivity index (χ3v) is 5.30. The Labute approximate surface area is 164 Å². The number of hydrogen-bond donors (Lipinski definition) is 1. The molecular formula is C22H24N2O2S. The fraction of sp³-hybridized carbons (Fsp3) is 0.273. The minimum Gasteiger partial charge on any atom is -0.486 e. The summed E-state index contributed by atoms with van der Waals surface area (Å²) < 4.78 is 5.81. The van der Waals surface area contributed by atoms with E-state index < -0.39 is 0 Å². The summed E-state index contributed by atoms with van der Waals surface area (Å²) in [6, 6.07) is 14.0. The van der Waals surface area contributed by atoms with Crippen molar-refractivity contribution < 1.29 is 9.53 Å². The minimum absolute atomic E-state index is 0.0637. The lowest BCUT2D eigenvalue weighted by molar-refractivity contribution is -0.115. The van der Waals surface area contributed by atoms with Crippen LogP contribution in [0, 0.1) is 13.8 Å². The molecule has 27 heavy (non-hydrogen) atoms. The SMILES string of the molecule is CCc1ccc(NC(=O)Cc2csc(COc3ccc(C)c(C)c3)n2)cc1. The summed E-state index contributed by atoms with van der Waals surface area (Å²) in [7, 11) is 0. The molecular weight excluding hydrogens is 356 g/mol. The number of aryl methyl sites for hydroxylation is 3. The molecule has 1 amide bonds. The number of rotatable bonds is 7. The second kappa shape index (κ2) is 8.82. The van der Waals surface area contributed by atoms with Gasteiger partial charge in [-0.25, -0.2) is 4.98 Å². The lowest BCUT2D eigenvalue weighted by atomic mass is 10.1. The number of thiazole rings is 1. The molecule has 0 aliphatic heterocycles. The number of hydrogen-bond acceptors (Lipinski definition) is 4. The summed E-state index contributed by atoms with van der Waals surface area (Å²) in [5.74, 6) is 0.772. The highest BCUT2D eigenvalue weighted by Gasteiger charge is 2.09. The molecule has 0 saturated heterocycles. The number of carbonyl (C=O) groups is 1. The highest BCUT2D eigenvalue weighted by atomic mass is 32.1. The standard InChI is InChI=1S/C22H24N2O2S/c1-4-17-6-8-18(9-7-17)23-21(25)12-19-14-27-22(24-19)13-26-20-10-5-15(2)16(3)11-20/h5-11,14H,4,12-13H2,1-3H3,(H,23,25). The second-order valence-corrected chi connectivity index (χ2v) is 7.49. The topological polar surface area (TPSA) is 51.2 Å². The predicted molar refractivity (Wildman–Crippen MR) is 111 cm³/mol. The Bertz CT molecular complexity index is 916. The Morgan fingerprint density at radius 3 is 2.59 bits per heavy atom. The van der Waals surface area contributed by atoms with Crippen molar-refractivity contribution >= 4 is 22.9 Å². The first kappa shape index (κ1) is 19.1. The summed E-state index contributed by atoms with van der Waals surface area (Å²) in [6.07, 6.45) is 1.25. The van der Waals surface area contributed by atoms with E-state index in [0.29, 0.717) is 6.61 Å². The quantitative estimate of drug-likeness (QED) is 0.622. The molecule has 0 aliphatic carbocycles. The molecule has 0 aliphatic rings. The molecule has 3 aromatic rings. The number of anilines is 1. The largest absolute Gasteiger partial charge is 0.486 e. The van der Waals surface area contributed by atoms with Gasteiger partial charge < -0.3 is 10.1 Å². The van der Waals surface area contributed by atoms with Crippen molar-refractivity contribution in [3.63, 3.8) is 0 Å². The number of amides is 1. The van der Waals surface area contributed by atoms with Gasteiger partial charge in [0.25, 0.3) is 0 Å². The van der Waals surface area contributed by atoms with Gasteiger partial charge in [0.2, 0.25) is 5.91 Å². The first-order chi connectivity index (χ1) is 13.0. The molecule has 0 spiro atoms. The molecule has 140 valence electrons. The Kier molecular flexibility index (Phi) is 6.24. The maximum absolute atomic E-state index is 12.2. The number of nitrogens with zero attached hydrogens (tertiary/aromatic N) is 1. The monoisotopic (exact) mass is 380 g/mol. The maximum atomic E-state index is 12.2. The van der Waals surface area contributed by atoms with Gasteiger partial charge >= 0.3 is 0 Å². The van der Waals surface area contributed by atoms with Gasteiger partial charge in [-0.05, 0) is 61.2 Å². The van der Waals surface area contributed by atoms with Gasteiger partial charge in [-0.1, -0.05) is 25.1 Å². The number of carbonyl (C=O) groups excluding carboxylic acids is 1. The lowest BCUT2D eigenvalue weighted by Gasteiger charge is -2.06. The number of aromatic nitrogens is 1. The van der Waals surface area contributed by atoms with Gasteiger partial charge in [-0.2, -0.15) is 0 Å². The Balaban J connectivity index is 1.52. The molecule has 0 radical (unpaired) electrons. The molecule has 4 nitrogen and oxygen atoms in total. The lowest BCUT2D eigenvalue weighted by Crippen LogP contribution is -2.14. The maximum Gasteiger partial charge on any atom is 0.230 e. The fourth-order valence-electron chi connectivity index (χ4n) is 2.64. The van der Waals surface area contributed by atoms with Crippen molar-refractivity contribution in [1.29, 1.82) is 0 Å². The minimum atomic E-state index is -0.0637. The third kappa shape index (κ3) is 5.41. The van der Waals surface area contributed by atoms with Crippen molar-refractivity contribution in [1.82, 2.24) is 4.98 Å². The normalized spacial score (nSPS) is 10.6. The van der Waals surface area contributed by atoms with Crippen LogP contribution in [0.5, 0.6) is 5.75 Å². The van der Waals surface area contributed by atoms with Crippen molar-refractivity contribution in [3.8, 4) is 5.75 Å². The van der Waals surface area contributed by atoms with Crippen LogP contribution in [0.3, 0.4) is 0 Å². The van der Waals surface area contributed by atoms with Gasteiger partial charge in [0, 0.05) is 11.1 Å². The fourth-order valence-corrected chi connectivity index (χ4v) is 3.34. The van der Waals surface area contributed by atoms with Crippen LogP contribution in [0.25, 0.3) is 0 Å². The van der Waals surface area contributed by atoms with E-state index in [4.69, 9.17) is 4.74 Å². The average molecular weight is 381 g/mol. The Morgan fingerprint density at radius 1 is 1.11 bits per heavy atom. The molecule has 1 N–H and O–H groups in total. The van der Waals surface area contributed by atoms with Crippen molar-refractivity contribution in [2.24, 2.45) is 0 Å². The second-order valence-electron chi connectivity index (χ2n) is 6.54. The van der Waals surface area contributed by atoms with Gasteiger partial charge in [-0.15, -0.1) is 11.3 Å². The first-order valence-corrected chi connectivity index (χ1v) is 9.93. The van der Waals surface area contributed by atoms with E-state index in [-0.39, 0.29) is 12.3 Å². The van der Waals surface area contributed by atoms with E-state index >= 15 is 0 Å². The molecule has 1 aromatic heterocycles. The first-order valence-electron chi connectivity index (χ1n) is 9.05. The van der Waals surface area contributed by atoms with Crippen LogP contribution >= 0.6 is 11.3 Å². The molecule has 0 fully saturated rings. The summed E-state index contributed by atoms with van der Waals surface area (Å²) >= 11 is 1.51. The van der Waals surface area contributed by atoms with E-state index in [1.54, 1.807) is 0 Å². The highest BCUT2D eigenvalue weighted by molar-refractivity contribution is 7.09. The van der Waals surface area contributed by atoms with Gasteiger partial charge in [0.15, 0.2) is 0 Å². The predicted octanol–water partition coefficient (Wildman–Crippen LogP) is 5.08. The van der Waals surface area contributed by atoms with Crippen molar-refractivity contribution in [3.05, 3.63) is 75.2 Å². The van der Waals surface area contributed by atoms with Crippen LogP contribution < -0.4 is 10.1 Å². The van der Waals surface area contributed by atoms with E-state index in [2.05, 4.69) is 37.1 Å². The summed E-state index contributed by atoms with van der Waals surface area (Å²) in [6.45, 7) is 6.66. The van der Waals surface area contributed by atoms with E-state index in [0.717, 1.165) is 28.6 Å². The molecule has 0 saturated carbocycles. The van der Waals surface area contributed by atoms with Crippen LogP contribution in [0.1, 0.15) is 34.3 Å². The number of nitrogens with one attached hydrogen (secondary N) is 1. The summed E-state index contributed by atoms with van der Waals surface area (Å²) in [5.41, 5.74) is 5.28. The summed E-state index contributed by atoms with van der Waals surface area (Å²) in [4.78, 5) is 16.7. The third-order valence-electron chi connectivity index (χ3n) is 4.43. The zero-order chi connectivity index (χ0) is 19.2. The van der Waals surface area contributed by atoms with E-state index in [1.165, 1.54) is 28.0 Å². The summed E-state index contributed by atoms with van der Waals surface area (Å²) in [5, 5.41) is 5.69. The smallest absolute Gasteiger partial charge is 0.230 e. The number of ether oxygens (including phenoxy) is 1. The van der Waals surface area contributed by atoms with Crippen LogP contribution in [-0.2, 0) is 24.2 Å². The molecule has 0 unspecified atom stereocenters. The molecule has 1 heterocycles. The molecule has 2 aromatic carbocycles. The Morgan fingerprint density at radius 2 is 1.89 bits per heavy atom. The van der Waals surface area contributed by atoms with Crippen LogP contribution in [-0.4, -0.2) is 10.9 Å². The van der Waals surface area contributed by atoms with E-state index in [9.17, 15) is 4.79 Å². The van der Waals surface area contributed by atoms with Crippen LogP contribution in [0.4, 0.5) is 5.69 Å². The molecule has 0 bridgehead atoms. The van der Waals surface area contributed by atoms with Gasteiger partial charge in [0.1, 0.15) is 17.4 Å². The average Bonchev–Trinajstić information content (AvgIpc) is 3.10. The zero-order valence-electron chi connectivity index (χ0n) is 15.9. The number of benzene rings is 2.